The summed E-state index contributed by atoms with van der Waals surface area (Å²) >= 11 is 0. The molecule has 0 N–H and O–H groups in total. The lowest BCUT2D eigenvalue weighted by Gasteiger charge is -2.21. The number of nitrogens with zero attached hydrogens (tertiary/aromatic N) is 4. The number of amides is 1. The Morgan fingerprint density at radius 2 is 1.58 bits per heavy atom. The Labute approximate surface area is 149 Å². The molecule has 0 bridgehead atoms. The molecule has 0 fully saturated rings. The Kier molecular flexibility index (Phi) is 3.96. The van der Waals surface area contributed by atoms with E-state index in [4.69, 9.17) is 0 Å². The number of aromatic nitrogens is 2. The molecule has 0 unspecified atom stereocenters. The average molecular weight is 348 g/mol. The topological polar surface area (TPSA) is 81.3 Å². The van der Waals surface area contributed by atoms with Crippen LogP contribution in [0, 0.1) is 10.1 Å². The van der Waals surface area contributed by atoms with Gasteiger partial charge in [-0.1, -0.05) is 48.5 Å². The van der Waals surface area contributed by atoms with Crippen molar-refractivity contribution in [3.05, 3.63) is 82.0 Å². The Morgan fingerprint density at radius 1 is 1.00 bits per heavy atom. The van der Waals surface area contributed by atoms with E-state index in [2.05, 4.69) is 17.2 Å². The standard InChI is InChI=1S/C19H16N4O3/c24-19(13-22-10-9-18(20-22)23(25)26)21-11-14-5-1-3-7-16(14)17-8-4-2-6-15(17)12-21/h1-10H,11-13H2. The molecule has 0 spiro atoms. The lowest BCUT2D eigenvalue weighted by molar-refractivity contribution is -0.389. The van der Waals surface area contributed by atoms with Crippen molar-refractivity contribution in [3.8, 4) is 11.1 Å². The number of benzene rings is 2. The Morgan fingerprint density at radius 3 is 2.12 bits per heavy atom. The van der Waals surface area contributed by atoms with Crippen LogP contribution < -0.4 is 0 Å². The van der Waals surface area contributed by atoms with Crippen molar-refractivity contribution in [2.45, 2.75) is 19.6 Å². The third-order valence-corrected chi connectivity index (χ3v) is 4.51. The van der Waals surface area contributed by atoms with Crippen molar-refractivity contribution in [1.29, 1.82) is 0 Å². The van der Waals surface area contributed by atoms with Gasteiger partial charge in [-0.05, 0) is 27.2 Å². The average Bonchev–Trinajstić information content (AvgIpc) is 3.04. The molecule has 1 aliphatic rings. The number of carbonyl (C=O) groups excluding carboxylic acids is 1. The second kappa shape index (κ2) is 6.44. The highest BCUT2D eigenvalue weighted by Crippen LogP contribution is 2.32. The van der Waals surface area contributed by atoms with Gasteiger partial charge >= 0.3 is 5.82 Å². The van der Waals surface area contributed by atoms with Crippen LogP contribution in [0.2, 0.25) is 0 Å². The Hall–Kier alpha value is -3.48. The molecule has 7 heteroatoms. The van der Waals surface area contributed by atoms with E-state index in [-0.39, 0.29) is 18.3 Å². The van der Waals surface area contributed by atoms with Gasteiger partial charge in [0.1, 0.15) is 6.54 Å². The molecule has 7 nitrogen and oxygen atoms in total. The summed E-state index contributed by atoms with van der Waals surface area (Å²) in [6, 6.07) is 17.4. The Bertz CT molecular complexity index is 948. The summed E-state index contributed by atoms with van der Waals surface area (Å²) in [5.41, 5.74) is 4.43. The number of rotatable bonds is 3. The number of hydrogen-bond donors (Lipinski definition) is 0. The molecular weight excluding hydrogens is 332 g/mol. The first-order valence-electron chi connectivity index (χ1n) is 8.23. The zero-order chi connectivity index (χ0) is 18.1. The molecule has 1 aliphatic heterocycles. The SMILES string of the molecule is O=C(Cn1ccc([N+](=O)[O-])n1)N1Cc2ccccc2-c2ccccc2C1. The van der Waals surface area contributed by atoms with Gasteiger partial charge in [-0.3, -0.25) is 4.79 Å². The van der Waals surface area contributed by atoms with Gasteiger partial charge in [0.25, 0.3) is 0 Å². The van der Waals surface area contributed by atoms with Crippen molar-refractivity contribution in [1.82, 2.24) is 14.7 Å². The van der Waals surface area contributed by atoms with E-state index in [0.717, 1.165) is 22.3 Å². The van der Waals surface area contributed by atoms with Gasteiger partial charge in [0.15, 0.2) is 0 Å². The van der Waals surface area contributed by atoms with Crippen LogP contribution in [0.25, 0.3) is 11.1 Å². The minimum atomic E-state index is -0.570. The second-order valence-electron chi connectivity index (χ2n) is 6.19. The van der Waals surface area contributed by atoms with E-state index in [1.54, 1.807) is 4.90 Å². The van der Waals surface area contributed by atoms with Crippen LogP contribution in [0.15, 0.2) is 60.8 Å². The predicted octanol–water partition coefficient (Wildman–Crippen LogP) is 3.00. The maximum Gasteiger partial charge on any atom is 0.389 e. The molecule has 0 radical (unpaired) electrons. The number of hydrogen-bond acceptors (Lipinski definition) is 4. The lowest BCUT2D eigenvalue weighted by atomic mass is 9.97. The predicted molar refractivity (Wildman–Crippen MR) is 95.0 cm³/mol. The van der Waals surface area contributed by atoms with Crippen molar-refractivity contribution in [2.24, 2.45) is 0 Å². The summed E-state index contributed by atoms with van der Waals surface area (Å²) in [7, 11) is 0. The maximum atomic E-state index is 12.8. The summed E-state index contributed by atoms with van der Waals surface area (Å²) < 4.78 is 1.31. The van der Waals surface area contributed by atoms with Crippen LogP contribution in [0.5, 0.6) is 0 Å². The van der Waals surface area contributed by atoms with Gasteiger partial charge in [-0.15, -0.1) is 0 Å². The zero-order valence-electron chi connectivity index (χ0n) is 13.9. The fourth-order valence-electron chi connectivity index (χ4n) is 3.26. The summed E-state index contributed by atoms with van der Waals surface area (Å²) in [5.74, 6) is -0.390. The van der Waals surface area contributed by atoms with Crippen molar-refractivity contribution in [2.75, 3.05) is 0 Å². The first-order valence-corrected chi connectivity index (χ1v) is 8.23. The van der Waals surface area contributed by atoms with Gasteiger partial charge < -0.3 is 15.0 Å². The van der Waals surface area contributed by atoms with Gasteiger partial charge in [-0.2, -0.15) is 4.68 Å². The number of nitro groups is 1. The van der Waals surface area contributed by atoms with Crippen LogP contribution in [0.4, 0.5) is 5.82 Å². The molecule has 2 heterocycles. The molecule has 2 aromatic carbocycles. The van der Waals surface area contributed by atoms with E-state index < -0.39 is 4.92 Å². The fourth-order valence-corrected chi connectivity index (χ4v) is 3.26. The quantitative estimate of drug-likeness (QED) is 0.538. The van der Waals surface area contributed by atoms with E-state index in [9.17, 15) is 14.9 Å². The van der Waals surface area contributed by atoms with Crippen molar-refractivity contribution in [3.63, 3.8) is 0 Å². The Balaban J connectivity index is 1.63. The van der Waals surface area contributed by atoms with E-state index in [1.165, 1.54) is 16.9 Å². The molecule has 0 saturated carbocycles. The van der Waals surface area contributed by atoms with Crippen molar-refractivity contribution >= 4 is 11.7 Å². The summed E-state index contributed by atoms with van der Waals surface area (Å²) in [6.45, 7) is 0.957. The highest BCUT2D eigenvalue weighted by molar-refractivity contribution is 5.79. The summed E-state index contributed by atoms with van der Waals surface area (Å²) in [6.07, 6.45) is 1.45. The first kappa shape index (κ1) is 16.0. The maximum absolute atomic E-state index is 12.8. The number of carbonyl (C=O) groups is 1. The minimum absolute atomic E-state index is 0.0296. The van der Waals surface area contributed by atoms with Crippen LogP contribution >= 0.6 is 0 Å². The highest BCUT2D eigenvalue weighted by Gasteiger charge is 2.23. The van der Waals surface area contributed by atoms with Crippen LogP contribution in [-0.4, -0.2) is 25.5 Å². The highest BCUT2D eigenvalue weighted by atomic mass is 16.6. The lowest BCUT2D eigenvalue weighted by Crippen LogP contribution is -2.32. The minimum Gasteiger partial charge on any atom is -0.358 e. The first-order chi connectivity index (χ1) is 12.6. The van der Waals surface area contributed by atoms with Gasteiger partial charge in [0.2, 0.25) is 5.91 Å². The van der Waals surface area contributed by atoms with Gasteiger partial charge in [0.05, 0.1) is 17.4 Å². The zero-order valence-corrected chi connectivity index (χ0v) is 13.9. The monoisotopic (exact) mass is 348 g/mol. The molecule has 0 aliphatic carbocycles. The van der Waals surface area contributed by atoms with Crippen LogP contribution in [0.1, 0.15) is 11.1 Å². The molecule has 0 atom stereocenters. The van der Waals surface area contributed by atoms with E-state index in [1.807, 2.05) is 36.4 Å². The molecular formula is C19H16N4O3. The van der Waals surface area contributed by atoms with E-state index >= 15 is 0 Å². The molecule has 1 amide bonds. The van der Waals surface area contributed by atoms with Crippen molar-refractivity contribution < 1.29 is 9.72 Å². The summed E-state index contributed by atoms with van der Waals surface area (Å²) in [4.78, 5) is 24.8. The molecule has 1 aromatic heterocycles. The largest absolute Gasteiger partial charge is 0.389 e. The summed E-state index contributed by atoms with van der Waals surface area (Å²) in [5, 5.41) is 14.6. The molecule has 130 valence electrons. The molecule has 4 rings (SSSR count). The second-order valence-corrected chi connectivity index (χ2v) is 6.19. The smallest absolute Gasteiger partial charge is 0.358 e. The van der Waals surface area contributed by atoms with Gasteiger partial charge in [0, 0.05) is 13.1 Å². The van der Waals surface area contributed by atoms with Crippen LogP contribution in [0.3, 0.4) is 0 Å². The van der Waals surface area contributed by atoms with E-state index in [0.29, 0.717) is 13.1 Å². The molecule has 0 saturated heterocycles. The normalized spacial score (nSPS) is 12.8. The third-order valence-electron chi connectivity index (χ3n) is 4.51. The van der Waals surface area contributed by atoms with Crippen LogP contribution in [-0.2, 0) is 24.4 Å². The molecule has 3 aromatic rings. The molecule has 26 heavy (non-hydrogen) atoms. The van der Waals surface area contributed by atoms with Gasteiger partial charge in [-0.25, -0.2) is 0 Å². The third kappa shape index (κ3) is 2.95. The number of fused-ring (bicyclic) bond motifs is 3. The fraction of sp³-hybridized carbons (Fsp3) is 0.158.